The number of urea groups is 1. The van der Waals surface area contributed by atoms with Crippen LogP contribution in [-0.4, -0.2) is 25.2 Å². The maximum absolute atomic E-state index is 11.3. The molecule has 16 heavy (non-hydrogen) atoms. The van der Waals surface area contributed by atoms with E-state index in [1.54, 1.807) is 12.1 Å². The molecule has 0 saturated heterocycles. The van der Waals surface area contributed by atoms with Gasteiger partial charge in [0.2, 0.25) is 0 Å². The van der Waals surface area contributed by atoms with E-state index in [-0.39, 0.29) is 6.54 Å². The van der Waals surface area contributed by atoms with E-state index in [1.807, 2.05) is 0 Å². The molecule has 2 N–H and O–H groups in total. The summed E-state index contributed by atoms with van der Waals surface area (Å²) in [4.78, 5) is 22.3. The number of hydrogen-bond donors (Lipinski definition) is 2. The Morgan fingerprint density at radius 3 is 2.88 bits per heavy atom. The van der Waals surface area contributed by atoms with Crippen LogP contribution in [0.3, 0.4) is 0 Å². The summed E-state index contributed by atoms with van der Waals surface area (Å²) in [6.07, 6.45) is 1.52. The number of carbonyl (C=O) groups is 2. The average Bonchev–Trinajstić information content (AvgIpc) is 2.78. The van der Waals surface area contributed by atoms with Crippen molar-refractivity contribution in [1.29, 1.82) is 0 Å². The van der Waals surface area contributed by atoms with Gasteiger partial charge in [0, 0.05) is 0 Å². The lowest BCUT2D eigenvalue weighted by Gasteiger charge is -2.11. The SMILES string of the molecule is COC(=O)[C@H](C)NC(=O)NCc1ccco1. The van der Waals surface area contributed by atoms with Crippen LogP contribution in [0.2, 0.25) is 0 Å². The number of nitrogens with one attached hydrogen (secondary N) is 2. The normalized spacial score (nSPS) is 11.6. The first-order valence-corrected chi connectivity index (χ1v) is 4.78. The third kappa shape index (κ3) is 3.64. The highest BCUT2D eigenvalue weighted by atomic mass is 16.5. The molecule has 0 unspecified atom stereocenters. The quantitative estimate of drug-likeness (QED) is 0.738. The highest BCUT2D eigenvalue weighted by molar-refractivity contribution is 5.83. The number of hydrogen-bond acceptors (Lipinski definition) is 4. The van der Waals surface area contributed by atoms with Crippen LogP contribution >= 0.6 is 0 Å². The molecule has 0 aromatic carbocycles. The van der Waals surface area contributed by atoms with Gasteiger partial charge in [0.05, 0.1) is 19.9 Å². The standard InChI is InChI=1S/C10H14N2O4/c1-7(9(13)15-2)12-10(14)11-6-8-4-3-5-16-8/h3-5,7H,6H2,1-2H3,(H2,11,12,14)/t7-/m0/s1. The van der Waals surface area contributed by atoms with Crippen molar-refractivity contribution in [3.8, 4) is 0 Å². The topological polar surface area (TPSA) is 80.6 Å². The van der Waals surface area contributed by atoms with Crippen molar-refractivity contribution in [3.63, 3.8) is 0 Å². The van der Waals surface area contributed by atoms with Crippen LogP contribution in [0.5, 0.6) is 0 Å². The molecule has 0 radical (unpaired) electrons. The molecule has 1 rings (SSSR count). The molecule has 0 spiro atoms. The Hall–Kier alpha value is -1.98. The smallest absolute Gasteiger partial charge is 0.328 e. The molecule has 6 nitrogen and oxygen atoms in total. The van der Waals surface area contributed by atoms with Crippen LogP contribution in [0, 0.1) is 0 Å². The lowest BCUT2D eigenvalue weighted by atomic mass is 10.3. The van der Waals surface area contributed by atoms with Crippen LogP contribution in [0.4, 0.5) is 4.79 Å². The van der Waals surface area contributed by atoms with Gasteiger partial charge >= 0.3 is 12.0 Å². The fraction of sp³-hybridized carbons (Fsp3) is 0.400. The molecule has 0 bridgehead atoms. The number of methoxy groups -OCH3 is 1. The zero-order valence-corrected chi connectivity index (χ0v) is 9.15. The number of amides is 2. The molecule has 1 atom stereocenters. The minimum atomic E-state index is -0.679. The largest absolute Gasteiger partial charge is 0.467 e. The second-order valence-electron chi connectivity index (χ2n) is 3.15. The summed E-state index contributed by atoms with van der Waals surface area (Å²) in [5.41, 5.74) is 0. The number of furan rings is 1. The van der Waals surface area contributed by atoms with Crippen molar-refractivity contribution >= 4 is 12.0 Å². The third-order valence-electron chi connectivity index (χ3n) is 1.91. The molecule has 0 aliphatic rings. The fourth-order valence-electron chi connectivity index (χ4n) is 1.06. The summed E-state index contributed by atoms with van der Waals surface area (Å²) < 4.78 is 9.49. The number of ether oxygens (including phenoxy) is 1. The molecule has 1 aromatic heterocycles. The minimum absolute atomic E-state index is 0.271. The zero-order valence-electron chi connectivity index (χ0n) is 9.15. The van der Waals surface area contributed by atoms with E-state index in [1.165, 1.54) is 20.3 Å². The summed E-state index contributed by atoms with van der Waals surface area (Å²) in [5.74, 6) is 0.147. The van der Waals surface area contributed by atoms with Gasteiger partial charge in [-0.25, -0.2) is 9.59 Å². The van der Waals surface area contributed by atoms with E-state index in [2.05, 4.69) is 15.4 Å². The number of esters is 1. The van der Waals surface area contributed by atoms with Crippen molar-refractivity contribution in [1.82, 2.24) is 10.6 Å². The van der Waals surface area contributed by atoms with Gasteiger partial charge in [0.15, 0.2) is 0 Å². The Balaban J connectivity index is 2.28. The van der Waals surface area contributed by atoms with E-state index < -0.39 is 18.0 Å². The van der Waals surface area contributed by atoms with Gasteiger partial charge in [-0.05, 0) is 19.1 Å². The molecule has 88 valence electrons. The predicted octanol–water partition coefficient (Wildman–Crippen LogP) is 0.640. The maximum atomic E-state index is 11.3. The highest BCUT2D eigenvalue weighted by Crippen LogP contribution is 1.98. The minimum Gasteiger partial charge on any atom is -0.467 e. The molecule has 2 amide bonds. The van der Waals surface area contributed by atoms with Gasteiger partial charge in [-0.3, -0.25) is 0 Å². The van der Waals surface area contributed by atoms with Crippen molar-refractivity contribution in [2.75, 3.05) is 7.11 Å². The molecular formula is C10H14N2O4. The second kappa shape index (κ2) is 5.79. The van der Waals surface area contributed by atoms with E-state index in [4.69, 9.17) is 4.42 Å². The van der Waals surface area contributed by atoms with Crippen molar-refractivity contribution in [2.24, 2.45) is 0 Å². The lowest BCUT2D eigenvalue weighted by molar-refractivity contribution is -0.142. The summed E-state index contributed by atoms with van der Waals surface area (Å²) in [5, 5.41) is 4.97. The van der Waals surface area contributed by atoms with Crippen LogP contribution < -0.4 is 10.6 Å². The predicted molar refractivity (Wildman–Crippen MR) is 55.6 cm³/mol. The fourth-order valence-corrected chi connectivity index (χ4v) is 1.06. The summed E-state index contributed by atoms with van der Waals surface area (Å²) >= 11 is 0. The Labute approximate surface area is 93.0 Å². The molecule has 0 aliphatic heterocycles. The second-order valence-corrected chi connectivity index (χ2v) is 3.15. The Morgan fingerprint density at radius 1 is 1.56 bits per heavy atom. The summed E-state index contributed by atoms with van der Waals surface area (Å²) in [6, 6.07) is 2.34. The van der Waals surface area contributed by atoms with E-state index >= 15 is 0 Å². The number of rotatable bonds is 4. The molecule has 0 aliphatic carbocycles. The van der Waals surface area contributed by atoms with E-state index in [9.17, 15) is 9.59 Å². The molecule has 0 saturated carbocycles. The molecular weight excluding hydrogens is 212 g/mol. The van der Waals surface area contributed by atoms with Crippen molar-refractivity contribution < 1.29 is 18.7 Å². The van der Waals surface area contributed by atoms with Crippen molar-refractivity contribution in [3.05, 3.63) is 24.2 Å². The van der Waals surface area contributed by atoms with Gasteiger partial charge in [-0.1, -0.05) is 0 Å². The summed E-state index contributed by atoms with van der Waals surface area (Å²) in [7, 11) is 1.27. The van der Waals surface area contributed by atoms with Crippen LogP contribution in [0.1, 0.15) is 12.7 Å². The molecule has 0 fully saturated rings. The maximum Gasteiger partial charge on any atom is 0.328 e. The Morgan fingerprint density at radius 2 is 2.31 bits per heavy atom. The van der Waals surface area contributed by atoms with Gasteiger partial charge in [0.25, 0.3) is 0 Å². The lowest BCUT2D eigenvalue weighted by Crippen LogP contribution is -2.44. The first kappa shape index (κ1) is 12.1. The third-order valence-corrected chi connectivity index (χ3v) is 1.91. The van der Waals surface area contributed by atoms with Gasteiger partial charge in [-0.2, -0.15) is 0 Å². The average molecular weight is 226 g/mol. The highest BCUT2D eigenvalue weighted by Gasteiger charge is 2.15. The monoisotopic (exact) mass is 226 g/mol. The van der Waals surface area contributed by atoms with E-state index in [0.29, 0.717) is 5.76 Å². The number of carbonyl (C=O) groups excluding carboxylic acids is 2. The summed E-state index contributed by atoms with van der Waals surface area (Å²) in [6.45, 7) is 1.81. The van der Waals surface area contributed by atoms with Crippen molar-refractivity contribution in [2.45, 2.75) is 19.5 Å². The van der Waals surface area contributed by atoms with Crippen LogP contribution in [0.25, 0.3) is 0 Å². The molecule has 1 aromatic rings. The van der Waals surface area contributed by atoms with Gasteiger partial charge in [-0.15, -0.1) is 0 Å². The van der Waals surface area contributed by atoms with Crippen LogP contribution in [-0.2, 0) is 16.1 Å². The van der Waals surface area contributed by atoms with Gasteiger partial charge < -0.3 is 19.8 Å². The first-order valence-electron chi connectivity index (χ1n) is 4.78. The first-order chi connectivity index (χ1) is 7.63. The zero-order chi connectivity index (χ0) is 12.0. The Bertz CT molecular complexity index is 348. The van der Waals surface area contributed by atoms with Gasteiger partial charge in [0.1, 0.15) is 11.8 Å². The Kier molecular flexibility index (Phi) is 4.38. The van der Waals surface area contributed by atoms with Crippen LogP contribution in [0.15, 0.2) is 22.8 Å². The van der Waals surface area contributed by atoms with E-state index in [0.717, 1.165) is 0 Å². The molecule has 6 heteroatoms. The molecule has 1 heterocycles.